The van der Waals surface area contributed by atoms with Crippen molar-refractivity contribution >= 4 is 11.8 Å². The standard InChI is InChI=1S/C10H19NS/c1-8-3-5-10(6-4-8)11-9(2)7-12-10/h8-9,11H,3-7H2,1-2H3. The van der Waals surface area contributed by atoms with Crippen molar-refractivity contribution in [2.24, 2.45) is 5.92 Å². The van der Waals surface area contributed by atoms with Gasteiger partial charge in [-0.2, -0.15) is 0 Å². The van der Waals surface area contributed by atoms with Crippen LogP contribution in [-0.4, -0.2) is 16.7 Å². The van der Waals surface area contributed by atoms with Crippen molar-refractivity contribution in [2.45, 2.75) is 50.4 Å². The molecule has 1 atom stereocenters. The molecule has 1 N–H and O–H groups in total. The quantitative estimate of drug-likeness (QED) is 0.622. The number of rotatable bonds is 0. The summed E-state index contributed by atoms with van der Waals surface area (Å²) in [6.45, 7) is 4.69. The maximum atomic E-state index is 3.75. The van der Waals surface area contributed by atoms with Gasteiger partial charge in [-0.05, 0) is 38.5 Å². The second-order valence-corrected chi connectivity index (χ2v) is 5.94. The smallest absolute Gasteiger partial charge is 0.0648 e. The fraction of sp³-hybridized carbons (Fsp3) is 1.00. The molecule has 0 radical (unpaired) electrons. The summed E-state index contributed by atoms with van der Waals surface area (Å²) in [6, 6.07) is 0.739. The highest BCUT2D eigenvalue weighted by Gasteiger charge is 2.39. The Hall–Kier alpha value is 0.310. The molecular formula is C10H19NS. The minimum Gasteiger partial charge on any atom is -0.299 e. The monoisotopic (exact) mass is 185 g/mol. The van der Waals surface area contributed by atoms with Crippen LogP contribution >= 0.6 is 11.8 Å². The first-order chi connectivity index (χ1) is 5.70. The molecule has 0 amide bonds. The van der Waals surface area contributed by atoms with Crippen LogP contribution in [0.2, 0.25) is 0 Å². The predicted molar refractivity (Wildman–Crippen MR) is 55.4 cm³/mol. The van der Waals surface area contributed by atoms with Gasteiger partial charge in [-0.1, -0.05) is 6.92 Å². The molecule has 0 bridgehead atoms. The van der Waals surface area contributed by atoms with Crippen LogP contribution in [-0.2, 0) is 0 Å². The van der Waals surface area contributed by atoms with E-state index in [9.17, 15) is 0 Å². The summed E-state index contributed by atoms with van der Waals surface area (Å²) in [5.74, 6) is 2.28. The van der Waals surface area contributed by atoms with Crippen LogP contribution < -0.4 is 5.32 Å². The second-order valence-electron chi connectivity index (χ2n) is 4.53. The fourth-order valence-electron chi connectivity index (χ4n) is 2.33. The Labute approximate surface area is 79.7 Å². The largest absolute Gasteiger partial charge is 0.299 e. The maximum absolute atomic E-state index is 3.75. The van der Waals surface area contributed by atoms with E-state index in [-0.39, 0.29) is 0 Å². The van der Waals surface area contributed by atoms with E-state index in [1.165, 1.54) is 31.4 Å². The van der Waals surface area contributed by atoms with Gasteiger partial charge in [0.2, 0.25) is 0 Å². The van der Waals surface area contributed by atoms with Crippen molar-refractivity contribution in [3.8, 4) is 0 Å². The van der Waals surface area contributed by atoms with Gasteiger partial charge < -0.3 is 0 Å². The Morgan fingerprint density at radius 1 is 1.25 bits per heavy atom. The molecule has 2 heteroatoms. The van der Waals surface area contributed by atoms with E-state index in [1.54, 1.807) is 0 Å². The van der Waals surface area contributed by atoms with Gasteiger partial charge in [0.15, 0.2) is 0 Å². The van der Waals surface area contributed by atoms with Crippen LogP contribution in [0.4, 0.5) is 0 Å². The zero-order chi connectivity index (χ0) is 8.60. The molecule has 2 rings (SSSR count). The van der Waals surface area contributed by atoms with Crippen LogP contribution in [0.1, 0.15) is 39.5 Å². The molecular weight excluding hydrogens is 166 g/mol. The summed E-state index contributed by atoms with van der Waals surface area (Å²) in [5, 5.41) is 3.75. The predicted octanol–water partition coefficient (Wildman–Crippen LogP) is 2.62. The Morgan fingerprint density at radius 3 is 2.42 bits per heavy atom. The van der Waals surface area contributed by atoms with Crippen LogP contribution in [0, 0.1) is 5.92 Å². The van der Waals surface area contributed by atoms with Crippen molar-refractivity contribution in [3.63, 3.8) is 0 Å². The Kier molecular flexibility index (Phi) is 2.39. The van der Waals surface area contributed by atoms with Crippen LogP contribution in [0.15, 0.2) is 0 Å². The van der Waals surface area contributed by atoms with Crippen molar-refractivity contribution in [3.05, 3.63) is 0 Å². The third kappa shape index (κ3) is 1.64. The Morgan fingerprint density at radius 2 is 1.92 bits per heavy atom. The average molecular weight is 185 g/mol. The molecule has 12 heavy (non-hydrogen) atoms. The molecule has 2 fully saturated rings. The summed E-state index contributed by atoms with van der Waals surface area (Å²) in [7, 11) is 0. The van der Waals surface area contributed by atoms with Crippen LogP contribution in [0.3, 0.4) is 0 Å². The second kappa shape index (κ2) is 3.22. The number of thioether (sulfide) groups is 1. The molecule has 1 nitrogen and oxygen atoms in total. The lowest BCUT2D eigenvalue weighted by atomic mass is 9.86. The van der Waals surface area contributed by atoms with E-state index in [0.29, 0.717) is 4.87 Å². The van der Waals surface area contributed by atoms with Crippen molar-refractivity contribution in [1.82, 2.24) is 5.32 Å². The Balaban J connectivity index is 1.95. The van der Waals surface area contributed by atoms with Crippen molar-refractivity contribution in [2.75, 3.05) is 5.75 Å². The van der Waals surface area contributed by atoms with E-state index in [2.05, 4.69) is 30.9 Å². The third-order valence-corrected chi connectivity index (χ3v) is 4.95. The highest BCUT2D eigenvalue weighted by Crippen LogP contribution is 2.43. The molecule has 1 saturated heterocycles. The molecule has 0 aromatic carbocycles. The third-order valence-electron chi connectivity index (χ3n) is 3.20. The van der Waals surface area contributed by atoms with Crippen LogP contribution in [0.5, 0.6) is 0 Å². The molecule has 70 valence electrons. The zero-order valence-corrected chi connectivity index (χ0v) is 8.91. The summed E-state index contributed by atoms with van der Waals surface area (Å²) >= 11 is 2.16. The van der Waals surface area contributed by atoms with Crippen molar-refractivity contribution in [1.29, 1.82) is 0 Å². The summed E-state index contributed by atoms with van der Waals surface area (Å²) in [5.41, 5.74) is 0. The first-order valence-electron chi connectivity index (χ1n) is 5.12. The maximum Gasteiger partial charge on any atom is 0.0648 e. The highest BCUT2D eigenvalue weighted by atomic mass is 32.2. The van der Waals surface area contributed by atoms with E-state index in [4.69, 9.17) is 0 Å². The fourth-order valence-corrected chi connectivity index (χ4v) is 3.80. The summed E-state index contributed by atoms with van der Waals surface area (Å²) < 4.78 is 0. The lowest BCUT2D eigenvalue weighted by molar-refractivity contribution is 0.280. The Bertz CT molecular complexity index is 161. The molecule has 0 aromatic rings. The molecule has 1 aliphatic heterocycles. The van der Waals surface area contributed by atoms with Crippen LogP contribution in [0.25, 0.3) is 0 Å². The van der Waals surface area contributed by atoms with Gasteiger partial charge in [0, 0.05) is 11.8 Å². The summed E-state index contributed by atoms with van der Waals surface area (Å²) in [4.78, 5) is 0.492. The lowest BCUT2D eigenvalue weighted by Gasteiger charge is -2.35. The normalized spacial score (nSPS) is 48.5. The highest BCUT2D eigenvalue weighted by molar-refractivity contribution is 8.00. The SMILES string of the molecule is CC1CCC2(CC1)NC(C)CS2. The van der Waals surface area contributed by atoms with Gasteiger partial charge in [0.05, 0.1) is 4.87 Å². The number of hydrogen-bond acceptors (Lipinski definition) is 2. The molecule has 1 unspecified atom stereocenters. The van der Waals surface area contributed by atoms with Crippen molar-refractivity contribution < 1.29 is 0 Å². The minimum absolute atomic E-state index is 0.492. The van der Waals surface area contributed by atoms with Gasteiger partial charge in [0.1, 0.15) is 0 Å². The first-order valence-corrected chi connectivity index (χ1v) is 6.10. The first kappa shape index (κ1) is 8.89. The molecule has 1 heterocycles. The molecule has 1 aliphatic carbocycles. The molecule has 1 spiro atoms. The topological polar surface area (TPSA) is 12.0 Å². The van der Waals surface area contributed by atoms with E-state index >= 15 is 0 Å². The lowest BCUT2D eigenvalue weighted by Crippen LogP contribution is -2.43. The zero-order valence-electron chi connectivity index (χ0n) is 8.10. The van der Waals surface area contributed by atoms with Gasteiger partial charge >= 0.3 is 0 Å². The molecule has 0 aromatic heterocycles. The average Bonchev–Trinajstić information content (AvgIpc) is 2.40. The van der Waals surface area contributed by atoms with E-state index in [1.807, 2.05) is 0 Å². The van der Waals surface area contributed by atoms with E-state index in [0.717, 1.165) is 12.0 Å². The van der Waals surface area contributed by atoms with Gasteiger partial charge in [-0.25, -0.2) is 0 Å². The molecule has 1 saturated carbocycles. The number of nitrogens with one attached hydrogen (secondary N) is 1. The van der Waals surface area contributed by atoms with Gasteiger partial charge in [0.25, 0.3) is 0 Å². The summed E-state index contributed by atoms with van der Waals surface area (Å²) in [6.07, 6.45) is 5.63. The van der Waals surface area contributed by atoms with Gasteiger partial charge in [-0.3, -0.25) is 5.32 Å². The van der Waals surface area contributed by atoms with E-state index < -0.39 is 0 Å². The number of hydrogen-bond donors (Lipinski definition) is 1. The molecule has 2 aliphatic rings. The van der Waals surface area contributed by atoms with Gasteiger partial charge in [-0.15, -0.1) is 11.8 Å². The minimum atomic E-state index is 0.492.